The standard InChI is InChI=1S/C37H44ClF3N4O8S/c1-8-43(4)16-9-17-52-26-20-30(34(46)42-3)45(5,22-26)36(28-18-23(2)10-14-31(28)51-7)27-19-24(38)11-13-29(27)44(35(36)47)54(48,49)33-15-12-25(50-6)21-32(33)53-37(39,40)41/h10-15,18-19,21,26,30H,8-9,16-17,20,22H2,1-7H3/p+1/t26-,30+,36?,45?/m1/s1. The summed E-state index contributed by atoms with van der Waals surface area (Å²) in [5.74, 6) is -2.54. The van der Waals surface area contributed by atoms with Crippen molar-refractivity contribution in [3.63, 3.8) is 0 Å². The van der Waals surface area contributed by atoms with Gasteiger partial charge < -0.3 is 29.2 Å². The Morgan fingerprint density at radius 3 is 2.43 bits per heavy atom. The van der Waals surface area contributed by atoms with E-state index in [4.69, 9.17) is 25.8 Å². The van der Waals surface area contributed by atoms with Crippen LogP contribution in [0.5, 0.6) is 17.2 Å². The number of sulfonamides is 1. The Balaban J connectivity index is 1.81. The molecule has 12 nitrogen and oxygen atoms in total. The quantitative estimate of drug-likeness (QED) is 0.173. The molecule has 54 heavy (non-hydrogen) atoms. The minimum atomic E-state index is -5.30. The number of likely N-dealkylation sites (N-methyl/N-ethyl adjacent to an activating group) is 2. The number of nitrogens with one attached hydrogen (secondary N) is 1. The van der Waals surface area contributed by atoms with Crippen LogP contribution in [0.2, 0.25) is 5.02 Å². The van der Waals surface area contributed by atoms with Crippen LogP contribution in [0.4, 0.5) is 18.9 Å². The molecule has 17 heteroatoms. The summed E-state index contributed by atoms with van der Waals surface area (Å²) in [6.45, 7) is 5.84. The molecule has 3 aromatic rings. The molecular formula is C37H45ClF3N4O8S+. The van der Waals surface area contributed by atoms with E-state index in [1.165, 1.54) is 39.5 Å². The van der Waals surface area contributed by atoms with Crippen molar-refractivity contribution in [1.82, 2.24) is 10.2 Å². The van der Waals surface area contributed by atoms with Gasteiger partial charge in [-0.05, 0) is 69.4 Å². The molecule has 2 amide bonds. The monoisotopic (exact) mass is 797 g/mol. The summed E-state index contributed by atoms with van der Waals surface area (Å²) in [6.07, 6.45) is -5.01. The molecule has 1 fully saturated rings. The number of carbonyl (C=O) groups is 2. The predicted octanol–water partition coefficient (Wildman–Crippen LogP) is 5.24. The van der Waals surface area contributed by atoms with Gasteiger partial charge in [0.15, 0.2) is 11.8 Å². The van der Waals surface area contributed by atoms with E-state index in [1.54, 1.807) is 32.2 Å². The number of benzene rings is 3. The van der Waals surface area contributed by atoms with Crippen molar-refractivity contribution in [3.05, 3.63) is 76.3 Å². The minimum Gasteiger partial charge on any atom is -0.497 e. The van der Waals surface area contributed by atoms with Gasteiger partial charge in [0.25, 0.3) is 15.9 Å². The van der Waals surface area contributed by atoms with Crippen molar-refractivity contribution in [3.8, 4) is 17.2 Å². The third kappa shape index (κ3) is 7.21. The topological polar surface area (TPSA) is 124 Å². The highest BCUT2D eigenvalue weighted by atomic mass is 35.5. The van der Waals surface area contributed by atoms with E-state index in [-0.39, 0.29) is 46.3 Å². The van der Waals surface area contributed by atoms with Crippen LogP contribution in [0.15, 0.2) is 59.5 Å². The number of methoxy groups -OCH3 is 2. The molecule has 0 saturated carbocycles. The van der Waals surface area contributed by atoms with Gasteiger partial charge in [0.1, 0.15) is 29.0 Å². The molecule has 4 atom stereocenters. The van der Waals surface area contributed by atoms with Gasteiger partial charge in [-0.3, -0.25) is 14.1 Å². The smallest absolute Gasteiger partial charge is 0.497 e. The number of alkyl halides is 3. The number of nitrogens with zero attached hydrogens (tertiary/aromatic N) is 3. The molecule has 2 aliphatic heterocycles. The summed E-state index contributed by atoms with van der Waals surface area (Å²) in [5.41, 5.74) is -1.27. The molecule has 2 unspecified atom stereocenters. The maximum Gasteiger partial charge on any atom is 0.573 e. The van der Waals surface area contributed by atoms with Crippen molar-refractivity contribution in [2.24, 2.45) is 0 Å². The number of aryl methyl sites for hydroxylation is 1. The maximum absolute atomic E-state index is 15.8. The number of rotatable bonds is 14. The number of hydrogen-bond donors (Lipinski definition) is 1. The molecule has 0 aromatic heterocycles. The fraction of sp³-hybridized carbons (Fsp3) is 0.459. The van der Waals surface area contributed by atoms with E-state index < -0.39 is 61.0 Å². The van der Waals surface area contributed by atoms with Gasteiger partial charge in [0, 0.05) is 37.7 Å². The molecule has 0 bridgehead atoms. The van der Waals surface area contributed by atoms with E-state index in [2.05, 4.69) is 15.0 Å². The number of amides is 2. The maximum atomic E-state index is 15.8. The van der Waals surface area contributed by atoms with Gasteiger partial charge in [-0.2, -0.15) is 4.31 Å². The number of quaternary nitrogens is 1. The summed E-state index contributed by atoms with van der Waals surface area (Å²) in [4.78, 5) is 31.0. The van der Waals surface area contributed by atoms with Crippen LogP contribution in [-0.2, 0) is 29.9 Å². The fourth-order valence-electron chi connectivity index (χ4n) is 7.72. The zero-order chi connectivity index (χ0) is 39.8. The first kappa shape index (κ1) is 41.1. The van der Waals surface area contributed by atoms with Gasteiger partial charge in [-0.1, -0.05) is 30.2 Å². The van der Waals surface area contributed by atoms with Gasteiger partial charge in [-0.15, -0.1) is 13.2 Å². The van der Waals surface area contributed by atoms with Gasteiger partial charge in [0.2, 0.25) is 5.54 Å². The van der Waals surface area contributed by atoms with Crippen LogP contribution in [0.1, 0.15) is 36.5 Å². The van der Waals surface area contributed by atoms with Crippen LogP contribution in [0.3, 0.4) is 0 Å². The van der Waals surface area contributed by atoms with Crippen molar-refractivity contribution in [1.29, 1.82) is 0 Å². The molecule has 1 N–H and O–H groups in total. The zero-order valence-corrected chi connectivity index (χ0v) is 32.7. The predicted molar refractivity (Wildman–Crippen MR) is 195 cm³/mol. The summed E-state index contributed by atoms with van der Waals surface area (Å²) >= 11 is 6.65. The molecule has 2 heterocycles. The summed E-state index contributed by atoms with van der Waals surface area (Å²) in [5, 5.41) is 2.85. The summed E-state index contributed by atoms with van der Waals surface area (Å²) in [6, 6.07) is 11.0. The van der Waals surface area contributed by atoms with Gasteiger partial charge in [-0.25, -0.2) is 8.42 Å². The lowest BCUT2D eigenvalue weighted by atomic mass is 9.78. The molecule has 0 radical (unpaired) electrons. The molecule has 3 aromatic carbocycles. The third-order valence-corrected chi connectivity index (χ3v) is 12.3. The molecule has 0 spiro atoms. The second kappa shape index (κ2) is 15.6. The summed E-state index contributed by atoms with van der Waals surface area (Å²) in [7, 11) is 2.50. The van der Waals surface area contributed by atoms with Gasteiger partial charge in [0.05, 0.1) is 38.1 Å². The second-order valence-corrected chi connectivity index (χ2v) is 15.8. The lowest BCUT2D eigenvalue weighted by Gasteiger charge is -2.48. The molecule has 0 aliphatic carbocycles. The van der Waals surface area contributed by atoms with E-state index in [0.717, 1.165) is 31.3 Å². The van der Waals surface area contributed by atoms with Crippen LogP contribution in [0.25, 0.3) is 0 Å². The van der Waals surface area contributed by atoms with E-state index >= 15 is 4.79 Å². The van der Waals surface area contributed by atoms with E-state index in [1.807, 2.05) is 14.0 Å². The largest absolute Gasteiger partial charge is 0.573 e. The Morgan fingerprint density at radius 1 is 1.07 bits per heavy atom. The highest BCUT2D eigenvalue weighted by Crippen LogP contribution is 2.58. The number of anilines is 1. The van der Waals surface area contributed by atoms with Crippen LogP contribution in [-0.4, -0.2) is 110 Å². The first-order chi connectivity index (χ1) is 25.4. The van der Waals surface area contributed by atoms with Crippen molar-refractivity contribution in [2.45, 2.75) is 55.6 Å². The Bertz CT molecular complexity index is 2020. The normalized spacial score (nSPS) is 22.7. The number of ether oxygens (including phenoxy) is 4. The lowest BCUT2D eigenvalue weighted by Crippen LogP contribution is -2.69. The molecular weight excluding hydrogens is 753 g/mol. The number of likely N-dealkylation sites (tertiary alicyclic amines) is 1. The molecule has 2 aliphatic rings. The first-order valence-corrected chi connectivity index (χ1v) is 19.1. The lowest BCUT2D eigenvalue weighted by molar-refractivity contribution is -0.953. The van der Waals surface area contributed by atoms with E-state index in [0.29, 0.717) is 22.9 Å². The highest BCUT2D eigenvalue weighted by Gasteiger charge is 2.72. The summed E-state index contributed by atoms with van der Waals surface area (Å²) < 4.78 is 92.5. The van der Waals surface area contributed by atoms with Crippen LogP contribution in [0, 0.1) is 6.92 Å². The average molecular weight is 798 g/mol. The van der Waals surface area contributed by atoms with Crippen LogP contribution >= 0.6 is 11.6 Å². The van der Waals surface area contributed by atoms with E-state index in [9.17, 15) is 26.4 Å². The fourth-order valence-corrected chi connectivity index (χ4v) is 9.46. The SMILES string of the molecule is CCN(C)CCCO[C@@H]1C[C@@H](C(=O)NC)[N+](C)(C2(c3cc(C)ccc3OC)C(=O)N(S(=O)(=O)c3ccc(OC)cc3OC(F)(F)F)c3ccc(Cl)cc32)C1. The van der Waals surface area contributed by atoms with Crippen LogP contribution < -0.4 is 23.8 Å². The third-order valence-electron chi connectivity index (χ3n) is 10.4. The Hall–Kier alpha value is -4.09. The van der Waals surface area contributed by atoms with Crippen molar-refractivity contribution < 1.29 is 54.6 Å². The Morgan fingerprint density at radius 2 is 1.80 bits per heavy atom. The average Bonchev–Trinajstić information content (AvgIpc) is 3.60. The van der Waals surface area contributed by atoms with Crippen molar-refractivity contribution in [2.75, 3.05) is 65.9 Å². The number of carbonyl (C=O) groups excluding carboxylic acids is 2. The highest BCUT2D eigenvalue weighted by molar-refractivity contribution is 7.93. The Kier molecular flexibility index (Phi) is 11.8. The molecule has 1 saturated heterocycles. The van der Waals surface area contributed by atoms with Gasteiger partial charge >= 0.3 is 12.3 Å². The number of halogens is 4. The molecule has 294 valence electrons. The zero-order valence-electron chi connectivity index (χ0n) is 31.1. The molecule has 5 rings (SSSR count). The first-order valence-electron chi connectivity index (χ1n) is 17.2. The Labute approximate surface area is 318 Å². The van der Waals surface area contributed by atoms with Crippen molar-refractivity contribution >= 4 is 39.1 Å². The number of hydrogen-bond acceptors (Lipinski definition) is 9. The minimum absolute atomic E-state index is 0.0509. The number of fused-ring (bicyclic) bond motifs is 1. The second-order valence-electron chi connectivity index (χ2n) is 13.6.